The topological polar surface area (TPSA) is 73.6 Å². The Kier molecular flexibility index (Phi) is 5.11. The summed E-state index contributed by atoms with van der Waals surface area (Å²) in [6, 6.07) is 11.4. The first-order valence-corrected chi connectivity index (χ1v) is 7.60. The summed E-state index contributed by atoms with van der Waals surface area (Å²) in [4.78, 5) is 11.8. The lowest BCUT2D eigenvalue weighted by atomic mass is 9.98. The van der Waals surface area contributed by atoms with Crippen molar-refractivity contribution < 1.29 is 14.3 Å². The normalized spacial score (nSPS) is 12.7. The predicted molar refractivity (Wildman–Crippen MR) is 91.7 cm³/mol. The summed E-state index contributed by atoms with van der Waals surface area (Å²) in [6.45, 7) is 5.72. The van der Waals surface area contributed by atoms with Gasteiger partial charge < -0.3 is 20.5 Å². The Bertz CT molecular complexity index is 692. The van der Waals surface area contributed by atoms with Gasteiger partial charge in [0, 0.05) is 12.1 Å². The van der Waals surface area contributed by atoms with Gasteiger partial charge in [0.05, 0.1) is 13.2 Å². The molecule has 1 unspecified atom stereocenters. The molecule has 5 heteroatoms. The van der Waals surface area contributed by atoms with Crippen molar-refractivity contribution in [2.24, 2.45) is 5.73 Å². The van der Waals surface area contributed by atoms with E-state index in [0.29, 0.717) is 5.75 Å². The highest BCUT2D eigenvalue weighted by atomic mass is 16.6. The molecule has 2 aromatic rings. The van der Waals surface area contributed by atoms with Crippen LogP contribution in [0.2, 0.25) is 0 Å². The van der Waals surface area contributed by atoms with Crippen molar-refractivity contribution in [1.82, 2.24) is 5.32 Å². The maximum Gasteiger partial charge on any atom is 0.407 e. The first-order chi connectivity index (χ1) is 10.8. The van der Waals surface area contributed by atoms with Crippen LogP contribution in [0, 0.1) is 0 Å². The maximum absolute atomic E-state index is 11.8. The largest absolute Gasteiger partial charge is 0.496 e. The minimum Gasteiger partial charge on any atom is -0.496 e. The van der Waals surface area contributed by atoms with Crippen LogP contribution in [0.4, 0.5) is 4.79 Å². The molecule has 0 fully saturated rings. The molecule has 2 rings (SSSR count). The van der Waals surface area contributed by atoms with Crippen molar-refractivity contribution >= 4 is 16.9 Å². The Morgan fingerprint density at radius 2 is 1.91 bits per heavy atom. The molecule has 1 atom stereocenters. The van der Waals surface area contributed by atoms with Gasteiger partial charge in [-0.2, -0.15) is 0 Å². The first kappa shape index (κ1) is 17.1. The predicted octanol–water partition coefficient (Wildman–Crippen LogP) is 3.37. The summed E-state index contributed by atoms with van der Waals surface area (Å²) >= 11 is 0. The van der Waals surface area contributed by atoms with Crippen LogP contribution in [0.5, 0.6) is 5.75 Å². The van der Waals surface area contributed by atoms with E-state index >= 15 is 0 Å². The lowest BCUT2D eigenvalue weighted by Crippen LogP contribution is -2.36. The van der Waals surface area contributed by atoms with Crippen molar-refractivity contribution in [3.63, 3.8) is 0 Å². The van der Waals surface area contributed by atoms with Crippen LogP contribution < -0.4 is 15.8 Å². The number of carbonyl (C=O) groups is 1. The molecule has 0 radical (unpaired) electrons. The minimum atomic E-state index is -0.536. The SMILES string of the molecule is COc1ccc2ccccc2c1C(N)CNC(=O)OC(C)(C)C. The van der Waals surface area contributed by atoms with Gasteiger partial charge in [0.1, 0.15) is 11.4 Å². The number of rotatable bonds is 4. The van der Waals surface area contributed by atoms with E-state index in [2.05, 4.69) is 5.32 Å². The molecule has 5 nitrogen and oxygen atoms in total. The molecule has 0 aliphatic carbocycles. The zero-order valence-electron chi connectivity index (χ0n) is 14.1. The van der Waals surface area contributed by atoms with E-state index in [1.807, 2.05) is 57.2 Å². The molecule has 23 heavy (non-hydrogen) atoms. The fourth-order valence-corrected chi connectivity index (χ4v) is 2.45. The van der Waals surface area contributed by atoms with Gasteiger partial charge in [-0.25, -0.2) is 4.79 Å². The van der Waals surface area contributed by atoms with E-state index in [-0.39, 0.29) is 6.54 Å². The van der Waals surface area contributed by atoms with Gasteiger partial charge in [0.15, 0.2) is 0 Å². The Hall–Kier alpha value is -2.27. The van der Waals surface area contributed by atoms with E-state index in [4.69, 9.17) is 15.2 Å². The van der Waals surface area contributed by atoms with E-state index in [1.54, 1.807) is 7.11 Å². The monoisotopic (exact) mass is 316 g/mol. The quantitative estimate of drug-likeness (QED) is 0.907. The Balaban J connectivity index is 2.20. The number of ether oxygens (including phenoxy) is 2. The third-order valence-corrected chi connectivity index (χ3v) is 3.39. The van der Waals surface area contributed by atoms with Crippen LogP contribution in [-0.4, -0.2) is 25.3 Å². The Morgan fingerprint density at radius 3 is 2.57 bits per heavy atom. The number of alkyl carbamates (subject to hydrolysis) is 1. The lowest BCUT2D eigenvalue weighted by Gasteiger charge is -2.22. The molecule has 2 aromatic carbocycles. The molecule has 0 aliphatic rings. The number of amides is 1. The van der Waals surface area contributed by atoms with Gasteiger partial charge in [0.25, 0.3) is 0 Å². The van der Waals surface area contributed by atoms with Gasteiger partial charge in [-0.1, -0.05) is 30.3 Å². The molecule has 0 spiro atoms. The highest BCUT2D eigenvalue weighted by molar-refractivity contribution is 5.88. The fourth-order valence-electron chi connectivity index (χ4n) is 2.45. The summed E-state index contributed by atoms with van der Waals surface area (Å²) in [6.07, 6.45) is -0.479. The number of fused-ring (bicyclic) bond motifs is 1. The van der Waals surface area contributed by atoms with E-state index < -0.39 is 17.7 Å². The molecular weight excluding hydrogens is 292 g/mol. The van der Waals surface area contributed by atoms with Gasteiger partial charge in [-0.15, -0.1) is 0 Å². The molecule has 0 saturated heterocycles. The molecular formula is C18H24N2O3. The molecule has 0 heterocycles. The van der Waals surface area contributed by atoms with Crippen molar-refractivity contribution in [2.75, 3.05) is 13.7 Å². The lowest BCUT2D eigenvalue weighted by molar-refractivity contribution is 0.0524. The second-order valence-corrected chi connectivity index (χ2v) is 6.39. The summed E-state index contributed by atoms with van der Waals surface area (Å²) < 4.78 is 10.7. The van der Waals surface area contributed by atoms with Crippen molar-refractivity contribution in [3.8, 4) is 5.75 Å². The Labute approximate surface area is 136 Å². The van der Waals surface area contributed by atoms with E-state index in [0.717, 1.165) is 16.3 Å². The number of hydrogen-bond acceptors (Lipinski definition) is 4. The molecule has 124 valence electrons. The Morgan fingerprint density at radius 1 is 1.22 bits per heavy atom. The van der Waals surface area contributed by atoms with Crippen LogP contribution in [0.1, 0.15) is 32.4 Å². The summed E-state index contributed by atoms with van der Waals surface area (Å²) in [5, 5.41) is 4.81. The minimum absolute atomic E-state index is 0.263. The second-order valence-electron chi connectivity index (χ2n) is 6.39. The highest BCUT2D eigenvalue weighted by Crippen LogP contribution is 2.31. The van der Waals surface area contributed by atoms with Crippen LogP contribution in [0.25, 0.3) is 10.8 Å². The maximum atomic E-state index is 11.8. The van der Waals surface area contributed by atoms with Crippen LogP contribution in [0.15, 0.2) is 36.4 Å². The van der Waals surface area contributed by atoms with Gasteiger partial charge in [-0.3, -0.25) is 0 Å². The third kappa shape index (κ3) is 4.36. The summed E-state index contributed by atoms with van der Waals surface area (Å²) in [7, 11) is 1.61. The smallest absolute Gasteiger partial charge is 0.407 e. The number of carbonyl (C=O) groups excluding carboxylic acids is 1. The first-order valence-electron chi connectivity index (χ1n) is 7.60. The highest BCUT2D eigenvalue weighted by Gasteiger charge is 2.19. The van der Waals surface area contributed by atoms with Crippen molar-refractivity contribution in [1.29, 1.82) is 0 Å². The number of nitrogens with one attached hydrogen (secondary N) is 1. The standard InChI is InChI=1S/C18H24N2O3/c1-18(2,3)23-17(21)20-11-14(19)16-13-8-6-5-7-12(13)9-10-15(16)22-4/h5-10,14H,11,19H2,1-4H3,(H,20,21). The average molecular weight is 316 g/mol. The van der Waals surface area contributed by atoms with E-state index in [9.17, 15) is 4.79 Å². The molecule has 1 amide bonds. The zero-order chi connectivity index (χ0) is 17.0. The van der Waals surface area contributed by atoms with E-state index in [1.165, 1.54) is 0 Å². The van der Waals surface area contributed by atoms with Gasteiger partial charge in [-0.05, 0) is 37.6 Å². The number of hydrogen-bond donors (Lipinski definition) is 2. The molecule has 3 N–H and O–H groups in total. The second kappa shape index (κ2) is 6.87. The van der Waals surface area contributed by atoms with Gasteiger partial charge >= 0.3 is 6.09 Å². The molecule has 0 aliphatic heterocycles. The molecule has 0 bridgehead atoms. The summed E-state index contributed by atoms with van der Waals surface area (Å²) in [5.74, 6) is 0.710. The average Bonchev–Trinajstić information content (AvgIpc) is 2.49. The van der Waals surface area contributed by atoms with Crippen LogP contribution in [-0.2, 0) is 4.74 Å². The number of benzene rings is 2. The fraction of sp³-hybridized carbons (Fsp3) is 0.389. The summed E-state index contributed by atoms with van der Waals surface area (Å²) in [5.41, 5.74) is 6.64. The zero-order valence-corrected chi connectivity index (χ0v) is 14.1. The molecule has 0 aromatic heterocycles. The van der Waals surface area contributed by atoms with Crippen molar-refractivity contribution in [2.45, 2.75) is 32.4 Å². The van der Waals surface area contributed by atoms with Crippen molar-refractivity contribution in [3.05, 3.63) is 42.0 Å². The van der Waals surface area contributed by atoms with Crippen LogP contribution >= 0.6 is 0 Å². The van der Waals surface area contributed by atoms with Gasteiger partial charge in [0.2, 0.25) is 0 Å². The molecule has 0 saturated carbocycles. The number of nitrogens with two attached hydrogens (primary N) is 1. The third-order valence-electron chi connectivity index (χ3n) is 3.39. The number of methoxy groups -OCH3 is 1. The van der Waals surface area contributed by atoms with Crippen LogP contribution in [0.3, 0.4) is 0 Å².